The lowest BCUT2D eigenvalue weighted by Crippen LogP contribution is -2.30. The van der Waals surface area contributed by atoms with Crippen LogP contribution in [0.25, 0.3) is 0 Å². The highest BCUT2D eigenvalue weighted by molar-refractivity contribution is 9.10. The zero-order valence-corrected chi connectivity index (χ0v) is 17.5. The van der Waals surface area contributed by atoms with Crippen molar-refractivity contribution in [2.24, 2.45) is 0 Å². The van der Waals surface area contributed by atoms with Crippen LogP contribution < -0.4 is 10.1 Å². The summed E-state index contributed by atoms with van der Waals surface area (Å²) in [5.41, 5.74) is 2.81. The van der Waals surface area contributed by atoms with Gasteiger partial charge in [0.05, 0.1) is 7.11 Å². The maximum Gasteiger partial charge on any atom is 0.251 e. The molecule has 0 fully saturated rings. The van der Waals surface area contributed by atoms with Gasteiger partial charge in [-0.1, -0.05) is 35.0 Å². The number of benzene rings is 2. The number of halogens is 1. The third kappa shape index (κ3) is 5.58. The quantitative estimate of drug-likeness (QED) is 0.679. The Labute approximate surface area is 164 Å². The zero-order valence-electron chi connectivity index (χ0n) is 15.9. The third-order valence-corrected chi connectivity index (χ3v) is 4.91. The number of methoxy groups -OCH3 is 1. The van der Waals surface area contributed by atoms with Gasteiger partial charge in [-0.2, -0.15) is 0 Å². The average Bonchev–Trinajstić information content (AvgIpc) is 2.64. The molecule has 2 aromatic carbocycles. The lowest BCUT2D eigenvalue weighted by Gasteiger charge is -2.24. The van der Waals surface area contributed by atoms with Crippen molar-refractivity contribution in [3.8, 4) is 5.75 Å². The monoisotopic (exact) mass is 418 g/mol. The van der Waals surface area contributed by atoms with E-state index in [4.69, 9.17) is 4.74 Å². The standard InChI is InChI=1S/C21H27BrN2O2/c1-5-24(15(2)3)14-16-6-8-17(9-7-16)21(25)23-13-18-12-19(22)10-11-20(18)26-4/h6-12,15H,5,13-14H2,1-4H3,(H,23,25). The minimum atomic E-state index is -0.0882. The number of hydrogen-bond donors (Lipinski definition) is 1. The summed E-state index contributed by atoms with van der Waals surface area (Å²) < 4.78 is 6.30. The fourth-order valence-corrected chi connectivity index (χ4v) is 3.23. The maximum atomic E-state index is 12.4. The fraction of sp³-hybridized carbons (Fsp3) is 0.381. The second-order valence-corrected chi connectivity index (χ2v) is 7.41. The van der Waals surface area contributed by atoms with Gasteiger partial charge in [0, 0.05) is 34.7 Å². The van der Waals surface area contributed by atoms with Crippen LogP contribution in [0.2, 0.25) is 0 Å². The van der Waals surface area contributed by atoms with E-state index in [1.54, 1.807) is 7.11 Å². The highest BCUT2D eigenvalue weighted by Gasteiger charge is 2.10. The smallest absolute Gasteiger partial charge is 0.251 e. The molecule has 2 rings (SSSR count). The van der Waals surface area contributed by atoms with Gasteiger partial charge in [0.2, 0.25) is 0 Å². The summed E-state index contributed by atoms with van der Waals surface area (Å²) in [5, 5.41) is 2.96. The summed E-state index contributed by atoms with van der Waals surface area (Å²) in [6, 6.07) is 14.1. The first-order valence-corrected chi connectivity index (χ1v) is 9.67. The third-order valence-electron chi connectivity index (χ3n) is 4.42. The Morgan fingerprint density at radius 3 is 2.46 bits per heavy atom. The highest BCUT2D eigenvalue weighted by Crippen LogP contribution is 2.22. The zero-order chi connectivity index (χ0) is 19.1. The summed E-state index contributed by atoms with van der Waals surface area (Å²) in [7, 11) is 1.63. The molecular weight excluding hydrogens is 392 g/mol. The minimum absolute atomic E-state index is 0.0882. The van der Waals surface area contributed by atoms with Gasteiger partial charge in [-0.25, -0.2) is 0 Å². The molecule has 0 aliphatic rings. The first kappa shape index (κ1) is 20.5. The molecule has 1 amide bonds. The SMILES string of the molecule is CCN(Cc1ccc(C(=O)NCc2cc(Br)ccc2OC)cc1)C(C)C. The van der Waals surface area contributed by atoms with E-state index in [0.29, 0.717) is 18.2 Å². The van der Waals surface area contributed by atoms with Crippen LogP contribution in [-0.4, -0.2) is 30.5 Å². The number of carbonyl (C=O) groups excluding carboxylic acids is 1. The Morgan fingerprint density at radius 2 is 1.88 bits per heavy atom. The molecule has 0 spiro atoms. The number of hydrogen-bond acceptors (Lipinski definition) is 3. The van der Waals surface area contributed by atoms with E-state index in [9.17, 15) is 4.79 Å². The molecular formula is C21H27BrN2O2. The Kier molecular flexibility index (Phi) is 7.66. The average molecular weight is 419 g/mol. The second kappa shape index (κ2) is 9.74. The van der Waals surface area contributed by atoms with E-state index in [1.807, 2.05) is 42.5 Å². The van der Waals surface area contributed by atoms with Crippen molar-refractivity contribution < 1.29 is 9.53 Å². The molecule has 0 saturated carbocycles. The first-order valence-electron chi connectivity index (χ1n) is 8.88. The van der Waals surface area contributed by atoms with Crippen molar-refractivity contribution in [1.29, 1.82) is 0 Å². The van der Waals surface area contributed by atoms with Gasteiger partial charge in [-0.15, -0.1) is 0 Å². The van der Waals surface area contributed by atoms with E-state index >= 15 is 0 Å². The predicted molar refractivity (Wildman–Crippen MR) is 110 cm³/mol. The number of nitrogens with zero attached hydrogens (tertiary/aromatic N) is 1. The molecule has 1 N–H and O–H groups in total. The Morgan fingerprint density at radius 1 is 1.19 bits per heavy atom. The van der Waals surface area contributed by atoms with Gasteiger partial charge in [-0.3, -0.25) is 9.69 Å². The molecule has 0 aromatic heterocycles. The van der Waals surface area contributed by atoms with Crippen LogP contribution in [0.5, 0.6) is 5.75 Å². The summed E-state index contributed by atoms with van der Waals surface area (Å²) in [5.74, 6) is 0.673. The summed E-state index contributed by atoms with van der Waals surface area (Å²) in [4.78, 5) is 14.8. The molecule has 4 nitrogen and oxygen atoms in total. The molecule has 0 heterocycles. The molecule has 0 aliphatic carbocycles. The molecule has 0 atom stereocenters. The fourth-order valence-electron chi connectivity index (χ4n) is 2.82. The number of rotatable bonds is 8. The van der Waals surface area contributed by atoms with Crippen molar-refractivity contribution in [2.45, 2.75) is 39.9 Å². The topological polar surface area (TPSA) is 41.6 Å². The van der Waals surface area contributed by atoms with Gasteiger partial charge >= 0.3 is 0 Å². The summed E-state index contributed by atoms with van der Waals surface area (Å²) in [6.07, 6.45) is 0. The van der Waals surface area contributed by atoms with Crippen LogP contribution in [0, 0.1) is 0 Å². The van der Waals surface area contributed by atoms with E-state index in [2.05, 4.69) is 46.9 Å². The second-order valence-electron chi connectivity index (χ2n) is 6.49. The van der Waals surface area contributed by atoms with Crippen molar-refractivity contribution in [3.63, 3.8) is 0 Å². The molecule has 5 heteroatoms. The lowest BCUT2D eigenvalue weighted by atomic mass is 10.1. The van der Waals surface area contributed by atoms with Crippen LogP contribution in [0.15, 0.2) is 46.9 Å². The Hall–Kier alpha value is -1.85. The van der Waals surface area contributed by atoms with Gasteiger partial charge in [0.25, 0.3) is 5.91 Å². The molecule has 140 valence electrons. The van der Waals surface area contributed by atoms with Crippen molar-refractivity contribution >= 4 is 21.8 Å². The number of carbonyl (C=O) groups is 1. The highest BCUT2D eigenvalue weighted by atomic mass is 79.9. The summed E-state index contributed by atoms with van der Waals surface area (Å²) in [6.45, 7) is 8.88. The summed E-state index contributed by atoms with van der Waals surface area (Å²) >= 11 is 3.45. The molecule has 0 radical (unpaired) electrons. The van der Waals surface area contributed by atoms with Crippen molar-refractivity contribution in [1.82, 2.24) is 10.2 Å². The molecule has 26 heavy (non-hydrogen) atoms. The molecule has 0 saturated heterocycles. The number of amides is 1. The van der Waals surface area contributed by atoms with E-state index in [-0.39, 0.29) is 5.91 Å². The molecule has 0 unspecified atom stereocenters. The van der Waals surface area contributed by atoms with Crippen LogP contribution in [0.3, 0.4) is 0 Å². The van der Waals surface area contributed by atoms with Crippen LogP contribution >= 0.6 is 15.9 Å². The van der Waals surface area contributed by atoms with Crippen LogP contribution in [0.1, 0.15) is 42.3 Å². The molecule has 2 aromatic rings. The van der Waals surface area contributed by atoms with Crippen molar-refractivity contribution in [2.75, 3.05) is 13.7 Å². The van der Waals surface area contributed by atoms with E-state index in [0.717, 1.165) is 28.9 Å². The van der Waals surface area contributed by atoms with Gasteiger partial charge in [-0.05, 0) is 56.3 Å². The van der Waals surface area contributed by atoms with Crippen LogP contribution in [-0.2, 0) is 13.1 Å². The number of ether oxygens (including phenoxy) is 1. The van der Waals surface area contributed by atoms with E-state index in [1.165, 1.54) is 5.56 Å². The largest absolute Gasteiger partial charge is 0.496 e. The Balaban J connectivity index is 1.99. The molecule has 0 aliphatic heterocycles. The van der Waals surface area contributed by atoms with E-state index < -0.39 is 0 Å². The van der Waals surface area contributed by atoms with Gasteiger partial charge in [0.1, 0.15) is 5.75 Å². The Bertz CT molecular complexity index is 729. The van der Waals surface area contributed by atoms with Gasteiger partial charge in [0.15, 0.2) is 0 Å². The van der Waals surface area contributed by atoms with Gasteiger partial charge < -0.3 is 10.1 Å². The first-order chi connectivity index (χ1) is 12.4. The minimum Gasteiger partial charge on any atom is -0.496 e. The predicted octanol–water partition coefficient (Wildman–Crippen LogP) is 4.62. The van der Waals surface area contributed by atoms with Crippen LogP contribution in [0.4, 0.5) is 0 Å². The lowest BCUT2D eigenvalue weighted by molar-refractivity contribution is 0.0950. The molecule has 0 bridgehead atoms. The normalized spacial score (nSPS) is 11.0. The maximum absolute atomic E-state index is 12.4. The van der Waals surface area contributed by atoms with Crippen molar-refractivity contribution in [3.05, 3.63) is 63.6 Å². The number of nitrogens with one attached hydrogen (secondary N) is 1.